The van der Waals surface area contributed by atoms with E-state index in [9.17, 15) is 0 Å². The van der Waals surface area contributed by atoms with Gasteiger partial charge in [0, 0.05) is 23.7 Å². The monoisotopic (exact) mass is 262 g/mol. The van der Waals surface area contributed by atoms with Gasteiger partial charge in [-0.2, -0.15) is 4.98 Å². The molecule has 0 saturated carbocycles. The summed E-state index contributed by atoms with van der Waals surface area (Å²) in [6, 6.07) is -0.356. The minimum Gasteiger partial charge on any atom is -0.348 e. The maximum absolute atomic E-state index is 5.99. The minimum atomic E-state index is -0.356. The Balaban J connectivity index is 1.77. The van der Waals surface area contributed by atoms with Gasteiger partial charge in [-0.25, -0.2) is 9.97 Å². The first kappa shape index (κ1) is 11.1. The fraction of sp³-hybridized carbons (Fsp3) is 0.200. The molecule has 0 aliphatic rings. The van der Waals surface area contributed by atoms with Crippen molar-refractivity contribution in [1.82, 2.24) is 25.1 Å². The number of nitrogens with two attached hydrogens (primary N) is 1. The zero-order valence-electron chi connectivity index (χ0n) is 9.28. The molecule has 3 N–H and O–H groups in total. The van der Waals surface area contributed by atoms with E-state index in [1.54, 1.807) is 18.0 Å². The van der Waals surface area contributed by atoms with E-state index in [0.717, 1.165) is 5.69 Å². The average molecular weight is 262 g/mol. The topological polar surface area (TPSA) is 107 Å². The van der Waals surface area contributed by atoms with Gasteiger partial charge in [-0.3, -0.25) is 0 Å². The molecule has 0 aliphatic heterocycles. The highest BCUT2D eigenvalue weighted by atomic mass is 32.1. The van der Waals surface area contributed by atoms with Gasteiger partial charge in [0.15, 0.2) is 0 Å². The molecule has 8 heteroatoms. The van der Waals surface area contributed by atoms with Gasteiger partial charge in [0.1, 0.15) is 5.69 Å². The molecule has 0 fully saturated rings. The SMILES string of the molecule is N[C@H](Cc1cnc[nH]1)c1nc(-c2cscn2)no1. The number of hydrogen-bond acceptors (Lipinski definition) is 7. The van der Waals surface area contributed by atoms with E-state index >= 15 is 0 Å². The van der Waals surface area contributed by atoms with Crippen LogP contribution in [0.4, 0.5) is 0 Å². The molecule has 0 spiro atoms. The van der Waals surface area contributed by atoms with E-state index in [4.69, 9.17) is 10.3 Å². The van der Waals surface area contributed by atoms with E-state index in [-0.39, 0.29) is 6.04 Å². The van der Waals surface area contributed by atoms with Crippen molar-refractivity contribution in [3.05, 3.63) is 35.0 Å². The second-order valence-corrected chi connectivity index (χ2v) is 4.44. The molecule has 18 heavy (non-hydrogen) atoms. The van der Waals surface area contributed by atoms with Gasteiger partial charge in [0.2, 0.25) is 11.7 Å². The van der Waals surface area contributed by atoms with E-state index in [1.807, 2.05) is 5.38 Å². The Kier molecular flexibility index (Phi) is 2.87. The Morgan fingerprint density at radius 3 is 3.17 bits per heavy atom. The molecule has 92 valence electrons. The number of nitrogens with one attached hydrogen (secondary N) is 1. The van der Waals surface area contributed by atoms with Crippen LogP contribution in [0.2, 0.25) is 0 Å². The molecule has 7 nitrogen and oxygen atoms in total. The second-order valence-electron chi connectivity index (χ2n) is 3.72. The number of hydrogen-bond donors (Lipinski definition) is 2. The zero-order chi connectivity index (χ0) is 12.4. The summed E-state index contributed by atoms with van der Waals surface area (Å²) in [4.78, 5) is 15.3. The highest BCUT2D eigenvalue weighted by Crippen LogP contribution is 2.19. The molecule has 3 heterocycles. The van der Waals surface area contributed by atoms with Crippen LogP contribution in [0.3, 0.4) is 0 Å². The van der Waals surface area contributed by atoms with Crippen LogP contribution in [-0.4, -0.2) is 25.1 Å². The normalized spacial score (nSPS) is 12.7. The number of thiazole rings is 1. The molecule has 3 aromatic heterocycles. The number of H-pyrrole nitrogens is 1. The number of nitrogens with zero attached hydrogens (tertiary/aromatic N) is 4. The molecule has 0 saturated heterocycles. The van der Waals surface area contributed by atoms with Crippen molar-refractivity contribution >= 4 is 11.3 Å². The van der Waals surface area contributed by atoms with Crippen molar-refractivity contribution in [2.75, 3.05) is 0 Å². The Morgan fingerprint density at radius 1 is 1.50 bits per heavy atom. The van der Waals surface area contributed by atoms with Crippen molar-refractivity contribution in [2.24, 2.45) is 5.73 Å². The van der Waals surface area contributed by atoms with Gasteiger partial charge >= 0.3 is 0 Å². The van der Waals surface area contributed by atoms with Gasteiger partial charge in [0.05, 0.1) is 17.9 Å². The number of rotatable bonds is 4. The third kappa shape index (κ3) is 2.15. The molecule has 0 aliphatic carbocycles. The van der Waals surface area contributed by atoms with Gasteiger partial charge in [-0.15, -0.1) is 11.3 Å². The third-order valence-corrected chi connectivity index (χ3v) is 3.00. The van der Waals surface area contributed by atoms with Gasteiger partial charge in [-0.05, 0) is 0 Å². The first-order valence-corrected chi connectivity index (χ1v) is 6.22. The summed E-state index contributed by atoms with van der Waals surface area (Å²) >= 11 is 1.48. The maximum Gasteiger partial charge on any atom is 0.244 e. The minimum absolute atomic E-state index is 0.356. The Labute approximate surface area is 106 Å². The third-order valence-electron chi connectivity index (χ3n) is 2.42. The summed E-state index contributed by atoms with van der Waals surface area (Å²) in [6.45, 7) is 0. The van der Waals surface area contributed by atoms with Crippen LogP contribution in [0, 0.1) is 0 Å². The summed E-state index contributed by atoms with van der Waals surface area (Å²) in [5.41, 5.74) is 9.33. The highest BCUT2D eigenvalue weighted by Gasteiger charge is 2.17. The summed E-state index contributed by atoms with van der Waals surface area (Å²) in [7, 11) is 0. The number of aromatic amines is 1. The van der Waals surface area contributed by atoms with E-state index < -0.39 is 0 Å². The van der Waals surface area contributed by atoms with Crippen molar-refractivity contribution < 1.29 is 4.52 Å². The first-order chi connectivity index (χ1) is 8.83. The summed E-state index contributed by atoms with van der Waals surface area (Å²) in [5.74, 6) is 0.860. The standard InChI is InChI=1S/C10H10N6OS/c11-7(1-6-2-12-4-13-6)10-15-9(16-17-10)8-3-18-5-14-8/h2-5,7H,1,11H2,(H,12,13)/t7-/m1/s1. The molecule has 3 aromatic rings. The summed E-state index contributed by atoms with van der Waals surface area (Å²) in [6.07, 6.45) is 3.90. The number of imidazole rings is 1. The Hall–Kier alpha value is -2.06. The molecule has 0 radical (unpaired) electrons. The fourth-order valence-corrected chi connectivity index (χ4v) is 2.06. The summed E-state index contributed by atoms with van der Waals surface area (Å²) in [5, 5.41) is 5.72. The molecule has 0 unspecified atom stereocenters. The van der Waals surface area contributed by atoms with Gasteiger partial charge in [-0.1, -0.05) is 5.16 Å². The number of aromatic nitrogens is 5. The van der Waals surface area contributed by atoms with Crippen LogP contribution < -0.4 is 5.73 Å². The predicted molar refractivity (Wildman–Crippen MR) is 64.6 cm³/mol. The molecule has 3 rings (SSSR count). The van der Waals surface area contributed by atoms with Crippen LogP contribution in [0.1, 0.15) is 17.6 Å². The average Bonchev–Trinajstić information content (AvgIpc) is 3.11. The lowest BCUT2D eigenvalue weighted by Crippen LogP contribution is -2.13. The largest absolute Gasteiger partial charge is 0.348 e. The lowest BCUT2D eigenvalue weighted by atomic mass is 10.2. The lowest BCUT2D eigenvalue weighted by Gasteiger charge is -2.03. The maximum atomic E-state index is 5.99. The van der Waals surface area contributed by atoms with Crippen molar-refractivity contribution in [3.8, 4) is 11.5 Å². The molecular weight excluding hydrogens is 252 g/mol. The lowest BCUT2D eigenvalue weighted by molar-refractivity contribution is 0.354. The highest BCUT2D eigenvalue weighted by molar-refractivity contribution is 7.07. The van der Waals surface area contributed by atoms with Crippen LogP contribution in [0.15, 0.2) is 27.9 Å². The second kappa shape index (κ2) is 4.67. The van der Waals surface area contributed by atoms with Gasteiger partial charge in [0.25, 0.3) is 0 Å². The summed E-state index contributed by atoms with van der Waals surface area (Å²) < 4.78 is 5.14. The Bertz CT molecular complexity index is 602. The molecule has 1 atom stereocenters. The van der Waals surface area contributed by atoms with Crippen LogP contribution >= 0.6 is 11.3 Å². The van der Waals surface area contributed by atoms with E-state index in [1.165, 1.54) is 11.3 Å². The molecular formula is C10H10N6OS. The van der Waals surface area contributed by atoms with Crippen molar-refractivity contribution in [3.63, 3.8) is 0 Å². The van der Waals surface area contributed by atoms with Crippen LogP contribution in [0.5, 0.6) is 0 Å². The molecule has 0 amide bonds. The van der Waals surface area contributed by atoms with Crippen molar-refractivity contribution in [2.45, 2.75) is 12.5 Å². The quantitative estimate of drug-likeness (QED) is 0.730. The first-order valence-electron chi connectivity index (χ1n) is 5.28. The van der Waals surface area contributed by atoms with Gasteiger partial charge < -0.3 is 15.2 Å². The smallest absolute Gasteiger partial charge is 0.244 e. The van der Waals surface area contributed by atoms with E-state index in [2.05, 4.69) is 25.1 Å². The van der Waals surface area contributed by atoms with Crippen LogP contribution in [0.25, 0.3) is 11.5 Å². The van der Waals surface area contributed by atoms with Crippen molar-refractivity contribution in [1.29, 1.82) is 0 Å². The van der Waals surface area contributed by atoms with Crippen LogP contribution in [-0.2, 0) is 6.42 Å². The fourth-order valence-electron chi connectivity index (χ4n) is 1.53. The molecule has 0 bridgehead atoms. The Morgan fingerprint density at radius 2 is 2.44 bits per heavy atom. The predicted octanol–water partition coefficient (Wildman–Crippen LogP) is 1.16. The zero-order valence-corrected chi connectivity index (χ0v) is 10.1. The molecule has 0 aromatic carbocycles. The van der Waals surface area contributed by atoms with E-state index in [0.29, 0.717) is 23.8 Å².